The smallest absolute Gasteiger partial charge is 0.343 e. The van der Waals surface area contributed by atoms with Crippen molar-refractivity contribution < 1.29 is 22.7 Å². The number of aryl methyl sites for hydroxylation is 1. The van der Waals surface area contributed by atoms with Crippen molar-refractivity contribution in [3.05, 3.63) is 53.1 Å². The Hall–Kier alpha value is -2.91. The van der Waals surface area contributed by atoms with E-state index in [1.807, 2.05) is 13.8 Å². The zero-order valence-corrected chi connectivity index (χ0v) is 19.7. The van der Waals surface area contributed by atoms with E-state index in [-0.39, 0.29) is 28.3 Å². The molecule has 0 heterocycles. The normalized spacial score (nSPS) is 11.5. The van der Waals surface area contributed by atoms with Crippen molar-refractivity contribution in [2.45, 2.75) is 38.6 Å². The number of urea groups is 1. The van der Waals surface area contributed by atoms with Crippen LogP contribution in [-0.4, -0.2) is 51.9 Å². The molecule has 0 spiro atoms. The summed E-state index contributed by atoms with van der Waals surface area (Å²) in [6, 6.07) is 9.16. The summed E-state index contributed by atoms with van der Waals surface area (Å²) in [5, 5.41) is 2.79. The van der Waals surface area contributed by atoms with Crippen LogP contribution in [0.5, 0.6) is 5.75 Å². The first-order chi connectivity index (χ1) is 14.3. The number of hydrogen-bond donors (Lipinski definition) is 1. The molecule has 2 rings (SSSR count). The van der Waals surface area contributed by atoms with E-state index >= 15 is 0 Å². The van der Waals surface area contributed by atoms with Crippen molar-refractivity contribution in [3.8, 4) is 5.75 Å². The number of nitrogens with zero attached hydrogens (tertiary/aromatic N) is 2. The average Bonchev–Trinajstić information content (AvgIpc) is 2.69. The quantitative estimate of drug-likeness (QED) is 0.541. The molecule has 0 radical (unpaired) electrons. The molecule has 8 nitrogen and oxygen atoms in total. The van der Waals surface area contributed by atoms with Crippen LogP contribution in [0, 0.1) is 13.8 Å². The first kappa shape index (κ1) is 24.4. The summed E-state index contributed by atoms with van der Waals surface area (Å²) in [7, 11) is 0.810. The van der Waals surface area contributed by atoms with Gasteiger partial charge in [0.25, 0.3) is 0 Å². The van der Waals surface area contributed by atoms with Crippen LogP contribution >= 0.6 is 0 Å². The molecule has 0 saturated heterocycles. The molecule has 0 bridgehead atoms. The van der Waals surface area contributed by atoms with Gasteiger partial charge in [0.1, 0.15) is 5.75 Å². The molecule has 0 fully saturated rings. The Kier molecular flexibility index (Phi) is 7.45. The Morgan fingerprint density at radius 2 is 1.58 bits per heavy atom. The predicted octanol–water partition coefficient (Wildman–Crippen LogP) is 3.33. The highest BCUT2D eigenvalue weighted by Gasteiger charge is 2.23. The van der Waals surface area contributed by atoms with Gasteiger partial charge in [0.05, 0.1) is 10.5 Å². The van der Waals surface area contributed by atoms with E-state index in [2.05, 4.69) is 5.32 Å². The Bertz CT molecular complexity index is 1080. The highest BCUT2D eigenvalue weighted by molar-refractivity contribution is 7.89. The summed E-state index contributed by atoms with van der Waals surface area (Å²) in [5.74, 6) is -0.390. The van der Waals surface area contributed by atoms with Crippen molar-refractivity contribution in [2.75, 3.05) is 26.0 Å². The summed E-state index contributed by atoms with van der Waals surface area (Å²) in [6.07, 6.45) is 0. The molecule has 0 saturated carbocycles. The van der Waals surface area contributed by atoms with Gasteiger partial charge in [0.2, 0.25) is 10.0 Å². The number of hydrogen-bond acceptors (Lipinski definition) is 5. The van der Waals surface area contributed by atoms with Gasteiger partial charge in [-0.25, -0.2) is 22.3 Å². The largest absolute Gasteiger partial charge is 0.423 e. The Morgan fingerprint density at radius 3 is 2.10 bits per heavy atom. The number of anilines is 1. The molecule has 0 aromatic heterocycles. The molecule has 2 amide bonds. The second-order valence-electron chi connectivity index (χ2n) is 7.75. The van der Waals surface area contributed by atoms with Crippen molar-refractivity contribution in [2.24, 2.45) is 0 Å². The molecule has 168 valence electrons. The Labute approximate surface area is 183 Å². The maximum atomic E-state index is 12.7. The van der Waals surface area contributed by atoms with E-state index in [9.17, 15) is 18.0 Å². The van der Waals surface area contributed by atoms with Crippen molar-refractivity contribution in [1.29, 1.82) is 0 Å². The lowest BCUT2D eigenvalue weighted by Crippen LogP contribution is -2.40. The van der Waals surface area contributed by atoms with Crippen LogP contribution in [0.15, 0.2) is 41.3 Å². The summed E-state index contributed by atoms with van der Waals surface area (Å²) in [5.41, 5.74) is 2.02. The van der Waals surface area contributed by atoms with Crippen LogP contribution in [-0.2, 0) is 10.0 Å². The third kappa shape index (κ3) is 5.62. The molecule has 9 heteroatoms. The van der Waals surface area contributed by atoms with Gasteiger partial charge in [-0.3, -0.25) is 4.90 Å². The molecule has 1 N–H and O–H groups in total. The molecular weight excluding hydrogens is 418 g/mol. The zero-order chi connectivity index (χ0) is 23.5. The van der Waals surface area contributed by atoms with Crippen LogP contribution in [0.4, 0.5) is 10.5 Å². The van der Waals surface area contributed by atoms with Gasteiger partial charge < -0.3 is 10.1 Å². The van der Waals surface area contributed by atoms with E-state index in [4.69, 9.17) is 4.74 Å². The highest BCUT2D eigenvalue weighted by atomic mass is 32.2. The third-order valence-corrected chi connectivity index (χ3v) is 6.71. The molecule has 0 aliphatic carbocycles. The first-order valence-corrected chi connectivity index (χ1v) is 11.2. The van der Waals surface area contributed by atoms with E-state index in [0.29, 0.717) is 16.8 Å². The summed E-state index contributed by atoms with van der Waals surface area (Å²) < 4.78 is 31.7. The van der Waals surface area contributed by atoms with E-state index in [0.717, 1.165) is 4.31 Å². The molecule has 2 aromatic rings. The first-order valence-electron chi connectivity index (χ1n) is 9.74. The molecule has 0 aliphatic rings. The minimum Gasteiger partial charge on any atom is -0.423 e. The van der Waals surface area contributed by atoms with Gasteiger partial charge in [-0.2, -0.15) is 0 Å². The number of benzene rings is 2. The van der Waals surface area contributed by atoms with E-state index in [1.165, 1.54) is 25.1 Å². The lowest BCUT2D eigenvalue weighted by molar-refractivity contribution is 0.0734. The third-order valence-electron chi connectivity index (χ3n) is 4.77. The second-order valence-corrected chi connectivity index (χ2v) is 9.87. The fourth-order valence-corrected chi connectivity index (χ4v) is 3.99. The molecule has 0 atom stereocenters. The van der Waals surface area contributed by atoms with Crippen molar-refractivity contribution >= 4 is 27.7 Å². The number of nitrogens with one attached hydrogen (secondary N) is 1. The number of carbonyl (C=O) groups excluding carboxylic acids is 2. The highest BCUT2D eigenvalue weighted by Crippen LogP contribution is 2.25. The molecule has 0 unspecified atom stereocenters. The van der Waals surface area contributed by atoms with Crippen LogP contribution in [0.3, 0.4) is 0 Å². The van der Waals surface area contributed by atoms with Crippen molar-refractivity contribution in [1.82, 2.24) is 9.62 Å². The second kappa shape index (κ2) is 9.49. The molecule has 31 heavy (non-hydrogen) atoms. The van der Waals surface area contributed by atoms with Crippen LogP contribution in [0.1, 0.15) is 35.3 Å². The predicted molar refractivity (Wildman–Crippen MR) is 120 cm³/mol. The van der Waals surface area contributed by atoms with Crippen LogP contribution in [0.2, 0.25) is 0 Å². The summed E-state index contributed by atoms with van der Waals surface area (Å²) in [6.45, 7) is 7.19. The van der Waals surface area contributed by atoms with Crippen LogP contribution < -0.4 is 15.0 Å². The number of amides is 2. The number of esters is 1. The van der Waals surface area contributed by atoms with Crippen LogP contribution in [0.25, 0.3) is 0 Å². The fourth-order valence-electron chi connectivity index (χ4n) is 2.77. The van der Waals surface area contributed by atoms with Gasteiger partial charge in [0, 0.05) is 32.9 Å². The van der Waals surface area contributed by atoms with E-state index < -0.39 is 16.0 Å². The average molecular weight is 448 g/mol. The van der Waals surface area contributed by atoms with Gasteiger partial charge in [-0.15, -0.1) is 0 Å². The van der Waals surface area contributed by atoms with Gasteiger partial charge in [0.15, 0.2) is 0 Å². The number of ether oxygens (including phenoxy) is 1. The Morgan fingerprint density at radius 1 is 1.00 bits per heavy atom. The molecule has 2 aromatic carbocycles. The van der Waals surface area contributed by atoms with Gasteiger partial charge in [-0.1, -0.05) is 0 Å². The van der Waals surface area contributed by atoms with Gasteiger partial charge in [-0.05, 0) is 75.2 Å². The number of carbonyl (C=O) groups is 2. The molecule has 0 aliphatic heterocycles. The monoisotopic (exact) mass is 447 g/mol. The molecular formula is C22H29N3O5S. The summed E-state index contributed by atoms with van der Waals surface area (Å²) >= 11 is 0. The topological polar surface area (TPSA) is 96.0 Å². The lowest BCUT2D eigenvalue weighted by atomic mass is 10.1. The van der Waals surface area contributed by atoms with Gasteiger partial charge >= 0.3 is 12.0 Å². The maximum Gasteiger partial charge on any atom is 0.343 e. The lowest BCUT2D eigenvalue weighted by Gasteiger charge is -2.20. The minimum absolute atomic E-state index is 0.00865. The maximum absolute atomic E-state index is 12.7. The number of rotatable bonds is 6. The zero-order valence-electron chi connectivity index (χ0n) is 18.9. The fraction of sp³-hybridized carbons (Fsp3) is 0.364. The summed E-state index contributed by atoms with van der Waals surface area (Å²) in [4.78, 5) is 26.3. The van der Waals surface area contributed by atoms with E-state index in [1.54, 1.807) is 51.2 Å². The Balaban J connectivity index is 2.24. The number of sulfonamides is 1. The SMILES string of the molecule is Cc1cc(C(=O)Oc2ccc(N(C)C(=O)NC(C)C)cc2)cc(S(=O)(=O)N(C)C)c1C. The minimum atomic E-state index is -3.71. The standard InChI is InChI=1S/C22H29N3O5S/c1-14(2)23-22(27)25(7)18-8-10-19(11-9-18)30-21(26)17-12-15(3)16(4)20(13-17)31(28,29)24(5)6/h8-14H,1-7H3,(H,23,27). The van der Waals surface area contributed by atoms with Crippen molar-refractivity contribution in [3.63, 3.8) is 0 Å².